The second-order valence-corrected chi connectivity index (χ2v) is 5.96. The van der Waals surface area contributed by atoms with E-state index < -0.39 is 0 Å². The van der Waals surface area contributed by atoms with E-state index in [0.717, 1.165) is 25.2 Å². The second-order valence-electron chi connectivity index (χ2n) is 5.96. The average Bonchev–Trinajstić information content (AvgIpc) is 2.95. The molecule has 4 heteroatoms. The number of hydrogen-bond acceptors (Lipinski definition) is 3. The van der Waals surface area contributed by atoms with E-state index in [1.54, 1.807) is 0 Å². The van der Waals surface area contributed by atoms with Crippen LogP contribution in [-0.2, 0) is 0 Å². The van der Waals surface area contributed by atoms with Gasteiger partial charge in [0.05, 0.1) is 0 Å². The quantitative estimate of drug-likeness (QED) is 0.810. The number of nitrogens with two attached hydrogens (primary N) is 1. The van der Waals surface area contributed by atoms with Crippen LogP contribution in [-0.4, -0.2) is 31.6 Å². The molecule has 1 aromatic carbocycles. The lowest BCUT2D eigenvalue weighted by molar-refractivity contribution is 0.0999. The Hall–Kier alpha value is -1.55. The molecule has 0 saturated carbocycles. The molecule has 1 saturated heterocycles. The fourth-order valence-corrected chi connectivity index (χ4v) is 2.97. The first kappa shape index (κ1) is 15.8. The van der Waals surface area contributed by atoms with Crippen LogP contribution < -0.4 is 16.0 Å². The number of aryl methyl sites for hydroxylation is 1. The van der Waals surface area contributed by atoms with Crippen LogP contribution in [0.1, 0.15) is 48.5 Å². The molecule has 1 aliphatic rings. The number of nitrogens with one attached hydrogen (secondary N) is 1. The highest BCUT2D eigenvalue weighted by molar-refractivity contribution is 5.94. The minimum Gasteiger partial charge on any atom is -0.370 e. The first-order valence-corrected chi connectivity index (χ1v) is 8.00. The molecular weight excluding hydrogens is 262 g/mol. The van der Waals surface area contributed by atoms with Crippen molar-refractivity contribution in [2.24, 2.45) is 5.73 Å². The molecule has 0 aliphatic carbocycles. The summed E-state index contributed by atoms with van der Waals surface area (Å²) in [4.78, 5) is 13.8. The third-order valence-corrected chi connectivity index (χ3v) is 4.23. The zero-order valence-electron chi connectivity index (χ0n) is 13.2. The van der Waals surface area contributed by atoms with E-state index in [4.69, 9.17) is 5.73 Å². The maximum atomic E-state index is 11.4. The van der Waals surface area contributed by atoms with Gasteiger partial charge in [0.1, 0.15) is 0 Å². The summed E-state index contributed by atoms with van der Waals surface area (Å²) in [6.45, 7) is 7.40. The lowest BCUT2D eigenvalue weighted by atomic mass is 10.1. The summed E-state index contributed by atoms with van der Waals surface area (Å²) in [6, 6.07) is 6.55. The Morgan fingerprint density at radius 3 is 2.86 bits per heavy atom. The Kier molecular flexibility index (Phi) is 5.62. The summed E-state index contributed by atoms with van der Waals surface area (Å²) >= 11 is 0. The first-order valence-electron chi connectivity index (χ1n) is 8.00. The van der Waals surface area contributed by atoms with Crippen molar-refractivity contribution in [1.82, 2.24) is 5.32 Å². The summed E-state index contributed by atoms with van der Waals surface area (Å²) in [7, 11) is 0. The van der Waals surface area contributed by atoms with E-state index in [1.165, 1.54) is 31.4 Å². The van der Waals surface area contributed by atoms with E-state index in [0.29, 0.717) is 11.6 Å². The molecule has 2 rings (SSSR count). The molecular formula is C17H27N3O. The fraction of sp³-hybridized carbons (Fsp3) is 0.588. The lowest BCUT2D eigenvalue weighted by Crippen LogP contribution is -2.38. The summed E-state index contributed by atoms with van der Waals surface area (Å²) < 4.78 is 0. The molecule has 4 nitrogen and oxygen atoms in total. The molecule has 0 spiro atoms. The number of hydrogen-bond donors (Lipinski definition) is 2. The van der Waals surface area contributed by atoms with Crippen LogP contribution >= 0.6 is 0 Å². The Morgan fingerprint density at radius 1 is 1.48 bits per heavy atom. The number of carbonyl (C=O) groups is 1. The Bertz CT molecular complexity index is 481. The van der Waals surface area contributed by atoms with Crippen molar-refractivity contribution in [3.63, 3.8) is 0 Å². The molecule has 0 radical (unpaired) electrons. The number of carbonyl (C=O) groups excluding carboxylic acids is 1. The average molecular weight is 289 g/mol. The standard InChI is InChI=1S/C17H27N3O/c1-3-4-10-20(12-14-6-5-9-19-14)15-7-8-16(17(18)21)13(2)11-15/h7-8,11,14,19H,3-6,9-10,12H2,1-2H3,(H2,18,21). The highest BCUT2D eigenvalue weighted by Gasteiger charge is 2.18. The van der Waals surface area contributed by atoms with E-state index in [1.807, 2.05) is 19.1 Å². The van der Waals surface area contributed by atoms with Crippen LogP contribution in [0.3, 0.4) is 0 Å². The van der Waals surface area contributed by atoms with Crippen molar-refractivity contribution < 1.29 is 4.79 Å². The number of anilines is 1. The molecule has 1 fully saturated rings. The SMILES string of the molecule is CCCCN(CC1CCCN1)c1ccc(C(N)=O)c(C)c1. The van der Waals surface area contributed by atoms with Gasteiger partial charge in [0.25, 0.3) is 0 Å². The molecule has 21 heavy (non-hydrogen) atoms. The predicted molar refractivity (Wildman–Crippen MR) is 87.8 cm³/mol. The van der Waals surface area contributed by atoms with Gasteiger partial charge in [-0.05, 0) is 56.5 Å². The van der Waals surface area contributed by atoms with Gasteiger partial charge in [-0.15, -0.1) is 0 Å². The summed E-state index contributed by atoms with van der Waals surface area (Å²) in [5, 5.41) is 3.56. The minimum atomic E-state index is -0.350. The molecule has 1 heterocycles. The molecule has 0 aromatic heterocycles. The van der Waals surface area contributed by atoms with Crippen LogP contribution in [0.25, 0.3) is 0 Å². The molecule has 1 aromatic rings. The Labute approximate surface area is 127 Å². The molecule has 1 atom stereocenters. The van der Waals surface area contributed by atoms with Gasteiger partial charge in [-0.2, -0.15) is 0 Å². The van der Waals surface area contributed by atoms with Gasteiger partial charge in [0.2, 0.25) is 5.91 Å². The van der Waals surface area contributed by atoms with E-state index in [2.05, 4.69) is 23.2 Å². The number of amides is 1. The van der Waals surface area contributed by atoms with Gasteiger partial charge < -0.3 is 16.0 Å². The number of benzene rings is 1. The van der Waals surface area contributed by atoms with Crippen LogP contribution in [0.15, 0.2) is 18.2 Å². The number of unbranched alkanes of at least 4 members (excludes halogenated alkanes) is 1. The van der Waals surface area contributed by atoms with E-state index >= 15 is 0 Å². The van der Waals surface area contributed by atoms with Gasteiger partial charge in [-0.1, -0.05) is 13.3 Å². The molecule has 1 amide bonds. The molecule has 1 aliphatic heterocycles. The number of primary amides is 1. The number of rotatable bonds is 7. The predicted octanol–water partition coefficient (Wildman–Crippen LogP) is 2.45. The van der Waals surface area contributed by atoms with Gasteiger partial charge in [0, 0.05) is 30.4 Å². The summed E-state index contributed by atoms with van der Waals surface area (Å²) in [5.41, 5.74) is 8.16. The van der Waals surface area contributed by atoms with Crippen LogP contribution in [0.5, 0.6) is 0 Å². The molecule has 1 unspecified atom stereocenters. The van der Waals surface area contributed by atoms with Gasteiger partial charge >= 0.3 is 0 Å². The molecule has 116 valence electrons. The van der Waals surface area contributed by atoms with Crippen LogP contribution in [0.2, 0.25) is 0 Å². The van der Waals surface area contributed by atoms with Gasteiger partial charge in [0.15, 0.2) is 0 Å². The van der Waals surface area contributed by atoms with Crippen molar-refractivity contribution in [2.45, 2.75) is 45.6 Å². The number of nitrogens with zero attached hydrogens (tertiary/aromatic N) is 1. The minimum absolute atomic E-state index is 0.350. The first-order chi connectivity index (χ1) is 10.1. The maximum absolute atomic E-state index is 11.4. The van der Waals surface area contributed by atoms with Crippen LogP contribution in [0, 0.1) is 6.92 Å². The third kappa shape index (κ3) is 4.21. The smallest absolute Gasteiger partial charge is 0.248 e. The van der Waals surface area contributed by atoms with Gasteiger partial charge in [-0.3, -0.25) is 4.79 Å². The van der Waals surface area contributed by atoms with E-state index in [9.17, 15) is 4.79 Å². The lowest BCUT2D eigenvalue weighted by Gasteiger charge is -2.28. The van der Waals surface area contributed by atoms with E-state index in [-0.39, 0.29) is 5.91 Å². The maximum Gasteiger partial charge on any atom is 0.248 e. The monoisotopic (exact) mass is 289 g/mol. The Morgan fingerprint density at radius 2 is 2.29 bits per heavy atom. The van der Waals surface area contributed by atoms with Crippen molar-refractivity contribution in [3.05, 3.63) is 29.3 Å². The highest BCUT2D eigenvalue weighted by atomic mass is 16.1. The summed E-state index contributed by atoms with van der Waals surface area (Å²) in [5.74, 6) is -0.350. The highest BCUT2D eigenvalue weighted by Crippen LogP contribution is 2.21. The topological polar surface area (TPSA) is 58.4 Å². The van der Waals surface area contributed by atoms with Crippen molar-refractivity contribution in [1.29, 1.82) is 0 Å². The normalized spacial score (nSPS) is 17.9. The fourth-order valence-electron chi connectivity index (χ4n) is 2.97. The zero-order valence-corrected chi connectivity index (χ0v) is 13.2. The molecule has 3 N–H and O–H groups in total. The van der Waals surface area contributed by atoms with Crippen molar-refractivity contribution >= 4 is 11.6 Å². The second kappa shape index (κ2) is 7.46. The summed E-state index contributed by atoms with van der Waals surface area (Å²) in [6.07, 6.45) is 4.89. The largest absolute Gasteiger partial charge is 0.370 e. The van der Waals surface area contributed by atoms with Crippen molar-refractivity contribution in [2.75, 3.05) is 24.5 Å². The van der Waals surface area contributed by atoms with Crippen LogP contribution in [0.4, 0.5) is 5.69 Å². The Balaban J connectivity index is 2.14. The molecule has 0 bridgehead atoms. The van der Waals surface area contributed by atoms with Gasteiger partial charge in [-0.25, -0.2) is 0 Å². The van der Waals surface area contributed by atoms with Crippen molar-refractivity contribution in [3.8, 4) is 0 Å². The zero-order chi connectivity index (χ0) is 15.2. The third-order valence-electron chi connectivity index (χ3n) is 4.23.